The first-order valence-corrected chi connectivity index (χ1v) is 18.6. The van der Waals surface area contributed by atoms with Gasteiger partial charge in [-0.15, -0.1) is 0 Å². The minimum Gasteiger partial charge on any atom is -0.307 e. The van der Waals surface area contributed by atoms with E-state index in [-0.39, 0.29) is 6.71 Å². The highest BCUT2D eigenvalue weighted by Crippen LogP contribution is 2.61. The molecule has 0 amide bonds. The molecular formula is C45H32BNS2. The average molecular weight is 662 g/mol. The highest BCUT2D eigenvalue weighted by molar-refractivity contribution is 8.00. The molecule has 3 heterocycles. The summed E-state index contributed by atoms with van der Waals surface area (Å²) in [5, 5.41) is 0. The Labute approximate surface area is 297 Å². The fraction of sp³-hybridized carbons (Fsp3) is 0.0667. The van der Waals surface area contributed by atoms with Crippen molar-refractivity contribution in [3.05, 3.63) is 156 Å². The van der Waals surface area contributed by atoms with Crippen molar-refractivity contribution in [2.75, 3.05) is 4.90 Å². The van der Waals surface area contributed by atoms with Gasteiger partial charge in [-0.2, -0.15) is 0 Å². The zero-order valence-corrected chi connectivity index (χ0v) is 29.3. The van der Waals surface area contributed by atoms with E-state index in [2.05, 4.69) is 165 Å². The summed E-state index contributed by atoms with van der Waals surface area (Å²) in [6, 6.07) is 52.1. The lowest BCUT2D eigenvalue weighted by Crippen LogP contribution is -2.59. The van der Waals surface area contributed by atoms with Crippen LogP contribution in [0.1, 0.15) is 16.7 Å². The maximum Gasteiger partial charge on any atom is 0.247 e. The van der Waals surface area contributed by atoms with Crippen molar-refractivity contribution >= 4 is 63.7 Å². The van der Waals surface area contributed by atoms with Crippen molar-refractivity contribution in [2.24, 2.45) is 0 Å². The first-order chi connectivity index (χ1) is 24.0. The number of aryl methyl sites for hydroxylation is 3. The molecule has 0 bridgehead atoms. The Morgan fingerprint density at radius 3 is 1.18 bits per heavy atom. The van der Waals surface area contributed by atoms with E-state index in [0.717, 1.165) is 0 Å². The third-order valence-electron chi connectivity index (χ3n) is 10.3. The number of hydrogen-bond acceptors (Lipinski definition) is 3. The van der Waals surface area contributed by atoms with Crippen LogP contribution in [0.5, 0.6) is 0 Å². The molecule has 7 aromatic rings. The molecule has 1 nitrogen and oxygen atoms in total. The van der Waals surface area contributed by atoms with E-state index in [1.165, 1.54) is 103 Å². The third-order valence-corrected chi connectivity index (χ3v) is 12.5. The first kappa shape index (κ1) is 29.1. The van der Waals surface area contributed by atoms with Crippen LogP contribution in [0.15, 0.2) is 159 Å². The van der Waals surface area contributed by atoms with Crippen LogP contribution in [-0.4, -0.2) is 6.71 Å². The second kappa shape index (κ2) is 11.1. The van der Waals surface area contributed by atoms with Gasteiger partial charge in [0, 0.05) is 19.6 Å². The lowest BCUT2D eigenvalue weighted by molar-refractivity contribution is 1.09. The minimum atomic E-state index is 0.0968. The van der Waals surface area contributed by atoms with Gasteiger partial charge in [-0.1, -0.05) is 161 Å². The van der Waals surface area contributed by atoms with E-state index in [9.17, 15) is 0 Å². The average Bonchev–Trinajstić information content (AvgIpc) is 3.13. The molecule has 0 spiro atoms. The van der Waals surface area contributed by atoms with Crippen LogP contribution in [0.4, 0.5) is 17.1 Å². The van der Waals surface area contributed by atoms with Crippen LogP contribution in [0.3, 0.4) is 0 Å². The minimum absolute atomic E-state index is 0.0968. The van der Waals surface area contributed by atoms with E-state index in [0.29, 0.717) is 0 Å². The molecule has 0 N–H and O–H groups in total. The van der Waals surface area contributed by atoms with Crippen molar-refractivity contribution < 1.29 is 0 Å². The molecule has 0 atom stereocenters. The van der Waals surface area contributed by atoms with Crippen molar-refractivity contribution in [2.45, 2.75) is 40.4 Å². The normalized spacial score (nSPS) is 13.4. The van der Waals surface area contributed by atoms with Crippen LogP contribution in [0, 0.1) is 20.8 Å². The number of hydrogen-bond donors (Lipinski definition) is 0. The second-order valence-corrected chi connectivity index (χ2v) is 15.7. The van der Waals surface area contributed by atoms with E-state index in [1.807, 2.05) is 23.5 Å². The van der Waals surface area contributed by atoms with E-state index in [4.69, 9.17) is 0 Å². The topological polar surface area (TPSA) is 3.24 Å². The summed E-state index contributed by atoms with van der Waals surface area (Å²) in [6.07, 6.45) is 0. The molecule has 10 rings (SSSR count). The van der Waals surface area contributed by atoms with Gasteiger partial charge in [0.15, 0.2) is 0 Å². The molecule has 0 radical (unpaired) electrons. The molecule has 4 heteroatoms. The molecule has 232 valence electrons. The summed E-state index contributed by atoms with van der Waals surface area (Å²) < 4.78 is 0. The predicted octanol–water partition coefficient (Wildman–Crippen LogP) is 10.8. The lowest BCUT2D eigenvalue weighted by Gasteiger charge is -2.46. The molecule has 0 fully saturated rings. The molecule has 0 aromatic heterocycles. The van der Waals surface area contributed by atoms with E-state index >= 15 is 0 Å². The van der Waals surface area contributed by atoms with Gasteiger partial charge < -0.3 is 4.90 Å². The van der Waals surface area contributed by atoms with Gasteiger partial charge in [0.25, 0.3) is 0 Å². The summed E-state index contributed by atoms with van der Waals surface area (Å²) in [5.74, 6) is 0. The summed E-state index contributed by atoms with van der Waals surface area (Å²) in [7, 11) is 0. The Hall–Kier alpha value is -4.90. The van der Waals surface area contributed by atoms with Crippen LogP contribution in [0.2, 0.25) is 0 Å². The van der Waals surface area contributed by atoms with Gasteiger partial charge >= 0.3 is 0 Å². The molecule has 0 saturated carbocycles. The zero-order chi connectivity index (χ0) is 32.8. The van der Waals surface area contributed by atoms with E-state index < -0.39 is 0 Å². The summed E-state index contributed by atoms with van der Waals surface area (Å²) in [6.45, 7) is 6.94. The van der Waals surface area contributed by atoms with Crippen LogP contribution in [-0.2, 0) is 0 Å². The maximum atomic E-state index is 2.64. The van der Waals surface area contributed by atoms with Gasteiger partial charge in [0.05, 0.1) is 17.1 Å². The smallest absolute Gasteiger partial charge is 0.247 e. The highest BCUT2D eigenvalue weighted by Gasteiger charge is 2.45. The maximum absolute atomic E-state index is 2.64. The van der Waals surface area contributed by atoms with Gasteiger partial charge in [-0.3, -0.25) is 0 Å². The van der Waals surface area contributed by atoms with Crippen molar-refractivity contribution in [3.63, 3.8) is 0 Å². The molecule has 0 saturated heterocycles. The summed E-state index contributed by atoms with van der Waals surface area (Å²) in [4.78, 5) is 7.92. The van der Waals surface area contributed by atoms with Gasteiger partial charge in [0.2, 0.25) is 6.71 Å². The molecular weight excluding hydrogens is 629 g/mol. The van der Waals surface area contributed by atoms with Gasteiger partial charge in [-0.05, 0) is 89.3 Å². The molecule has 0 unspecified atom stereocenters. The number of benzene rings is 7. The monoisotopic (exact) mass is 661 g/mol. The number of nitrogens with zero attached hydrogens (tertiary/aromatic N) is 1. The molecule has 0 aliphatic carbocycles. The Morgan fingerprint density at radius 2 is 0.776 bits per heavy atom. The zero-order valence-electron chi connectivity index (χ0n) is 27.6. The molecule has 3 aliphatic heterocycles. The van der Waals surface area contributed by atoms with Crippen molar-refractivity contribution in [3.8, 4) is 33.4 Å². The number of anilines is 3. The SMILES string of the molecule is Cc1cc(C)c(B2c3cc(-c4ccccc4)cc4c3N3c5c(cc(-c6ccccc6)cc5Sc5cc(-c6ccccc6)cc2c53)S4)c(C)c1. The van der Waals surface area contributed by atoms with Crippen LogP contribution >= 0.6 is 23.5 Å². The van der Waals surface area contributed by atoms with Gasteiger partial charge in [-0.25, -0.2) is 0 Å². The van der Waals surface area contributed by atoms with Crippen LogP contribution < -0.4 is 21.3 Å². The van der Waals surface area contributed by atoms with Crippen molar-refractivity contribution in [1.29, 1.82) is 0 Å². The quantitative estimate of drug-likeness (QED) is 0.173. The second-order valence-electron chi connectivity index (χ2n) is 13.5. The highest BCUT2D eigenvalue weighted by atomic mass is 32.2. The fourth-order valence-corrected chi connectivity index (χ4v) is 10.9. The molecule has 3 aliphatic rings. The summed E-state index contributed by atoms with van der Waals surface area (Å²) in [5.41, 5.74) is 19.8. The largest absolute Gasteiger partial charge is 0.307 e. The summed E-state index contributed by atoms with van der Waals surface area (Å²) >= 11 is 3.88. The van der Waals surface area contributed by atoms with Crippen LogP contribution in [0.25, 0.3) is 33.4 Å². The predicted molar refractivity (Wildman–Crippen MR) is 211 cm³/mol. The third kappa shape index (κ3) is 4.51. The lowest BCUT2D eigenvalue weighted by atomic mass is 9.33. The Balaban J connectivity index is 1.32. The van der Waals surface area contributed by atoms with Crippen molar-refractivity contribution in [1.82, 2.24) is 0 Å². The van der Waals surface area contributed by atoms with E-state index in [1.54, 1.807) is 0 Å². The van der Waals surface area contributed by atoms with Gasteiger partial charge in [0.1, 0.15) is 0 Å². The number of rotatable bonds is 4. The molecule has 49 heavy (non-hydrogen) atoms. The fourth-order valence-electron chi connectivity index (χ4n) is 8.38. The standard InChI is InChI=1S/C45H32BNS2/c1-27-19-28(2)42(29(3)20-27)46-36-21-33(30-13-7-4-8-14-30)23-38-43(36)47-44-37(46)22-34(31-15-9-5-10-16-31)24-39(44)49-41-26-35(25-40(48-38)45(41)47)32-17-11-6-12-18-32/h4-26H,1-3H3. The molecule has 7 aromatic carbocycles. The Morgan fingerprint density at radius 1 is 0.408 bits per heavy atom. The Bertz CT molecular complexity index is 2330. The Kier molecular flexibility index (Phi) is 6.56. The first-order valence-electron chi connectivity index (χ1n) is 17.0.